The van der Waals surface area contributed by atoms with Gasteiger partial charge < -0.3 is 15.0 Å². The molecule has 0 aliphatic heterocycles. The molecule has 3 aromatic rings. The minimum absolute atomic E-state index is 0.00980. The molecule has 0 aliphatic carbocycles. The van der Waals surface area contributed by atoms with Crippen LogP contribution >= 0.6 is 23.2 Å². The molecule has 0 aliphatic rings. The Balaban J connectivity index is 1.91. The molecular weight excluding hydrogens is 519 g/mol. The number of hydrogen-bond acceptors (Lipinski definition) is 3. The maximum atomic E-state index is 13.7. The number of nitrogens with one attached hydrogen (secondary N) is 1. The van der Waals surface area contributed by atoms with Crippen LogP contribution in [0.25, 0.3) is 0 Å². The number of amides is 2. The smallest absolute Gasteiger partial charge is 0.261 e. The minimum Gasteiger partial charge on any atom is -0.484 e. The zero-order valence-electron chi connectivity index (χ0n) is 22.5. The molecule has 0 aromatic heterocycles. The first-order valence-corrected chi connectivity index (χ1v) is 13.6. The lowest BCUT2D eigenvalue weighted by Crippen LogP contribution is -2.51. The highest BCUT2D eigenvalue weighted by Gasteiger charge is 2.31. The van der Waals surface area contributed by atoms with Crippen molar-refractivity contribution in [1.29, 1.82) is 0 Å². The van der Waals surface area contributed by atoms with E-state index in [1.165, 1.54) is 10.5 Å². The Morgan fingerprint density at radius 1 is 0.921 bits per heavy atom. The summed E-state index contributed by atoms with van der Waals surface area (Å²) in [5.41, 5.74) is 2.70. The molecule has 3 rings (SSSR count). The maximum absolute atomic E-state index is 13.7. The molecule has 0 heterocycles. The molecule has 202 valence electrons. The summed E-state index contributed by atoms with van der Waals surface area (Å²) >= 11 is 13.0. The SMILES string of the molecule is CCCNC(=O)[C@H](Cc1ccccc1)N(Cc1c(Cl)cccc1Cl)C(=O)COc1ccc(C(C)(C)C)cc1. The lowest BCUT2D eigenvalue weighted by atomic mass is 9.87. The molecule has 0 bridgehead atoms. The summed E-state index contributed by atoms with van der Waals surface area (Å²) in [6.07, 6.45) is 1.12. The summed E-state index contributed by atoms with van der Waals surface area (Å²) in [4.78, 5) is 28.6. The van der Waals surface area contributed by atoms with Crippen molar-refractivity contribution < 1.29 is 14.3 Å². The van der Waals surface area contributed by atoms with Gasteiger partial charge in [0.1, 0.15) is 11.8 Å². The van der Waals surface area contributed by atoms with Crippen molar-refractivity contribution in [2.75, 3.05) is 13.2 Å². The van der Waals surface area contributed by atoms with Gasteiger partial charge in [-0.1, -0.05) is 99.4 Å². The molecule has 0 saturated carbocycles. The number of carbonyl (C=O) groups is 2. The van der Waals surface area contributed by atoms with E-state index in [4.69, 9.17) is 27.9 Å². The average Bonchev–Trinajstić information content (AvgIpc) is 2.89. The summed E-state index contributed by atoms with van der Waals surface area (Å²) in [5.74, 6) is 0.00680. The fourth-order valence-corrected chi connectivity index (χ4v) is 4.57. The largest absolute Gasteiger partial charge is 0.484 e. The number of hydrogen-bond donors (Lipinski definition) is 1. The van der Waals surface area contributed by atoms with E-state index in [1.807, 2.05) is 61.5 Å². The Bertz CT molecular complexity index is 1190. The summed E-state index contributed by atoms with van der Waals surface area (Å²) in [5, 5.41) is 3.82. The van der Waals surface area contributed by atoms with Gasteiger partial charge in [0.25, 0.3) is 5.91 Å². The van der Waals surface area contributed by atoms with Gasteiger partial charge in [-0.3, -0.25) is 9.59 Å². The van der Waals surface area contributed by atoms with Gasteiger partial charge in [-0.25, -0.2) is 0 Å². The summed E-state index contributed by atoms with van der Waals surface area (Å²) in [7, 11) is 0. The van der Waals surface area contributed by atoms with Gasteiger partial charge in [0.05, 0.1) is 0 Å². The predicted octanol–water partition coefficient (Wildman–Crippen LogP) is 6.84. The Labute approximate surface area is 236 Å². The second kappa shape index (κ2) is 13.7. The third-order valence-corrected chi connectivity index (χ3v) is 7.00. The molecular formula is C31H36Cl2N2O3. The highest BCUT2D eigenvalue weighted by molar-refractivity contribution is 6.36. The molecule has 0 unspecified atom stereocenters. The molecule has 0 radical (unpaired) electrons. The number of ether oxygens (including phenoxy) is 1. The van der Waals surface area contributed by atoms with Crippen LogP contribution in [0.1, 0.15) is 50.8 Å². The Kier molecular flexibility index (Phi) is 10.6. The minimum atomic E-state index is -0.782. The lowest BCUT2D eigenvalue weighted by molar-refractivity contribution is -0.142. The van der Waals surface area contributed by atoms with E-state index < -0.39 is 6.04 Å². The van der Waals surface area contributed by atoms with Gasteiger partial charge in [0.15, 0.2) is 6.61 Å². The van der Waals surface area contributed by atoms with Crippen LogP contribution in [-0.2, 0) is 28.0 Å². The van der Waals surface area contributed by atoms with E-state index in [1.54, 1.807) is 18.2 Å². The highest BCUT2D eigenvalue weighted by Crippen LogP contribution is 2.28. The first-order valence-electron chi connectivity index (χ1n) is 12.9. The van der Waals surface area contributed by atoms with Crippen molar-refractivity contribution in [3.05, 3.63) is 99.5 Å². The quantitative estimate of drug-likeness (QED) is 0.282. The summed E-state index contributed by atoms with van der Waals surface area (Å²) in [6, 6.07) is 21.8. The van der Waals surface area contributed by atoms with Gasteiger partial charge in [-0.2, -0.15) is 0 Å². The molecule has 3 aromatic carbocycles. The van der Waals surface area contributed by atoms with Crippen molar-refractivity contribution in [3.63, 3.8) is 0 Å². The Hall–Kier alpha value is -3.02. The molecule has 7 heteroatoms. The maximum Gasteiger partial charge on any atom is 0.261 e. The Morgan fingerprint density at radius 2 is 1.55 bits per heavy atom. The fourth-order valence-electron chi connectivity index (χ4n) is 4.05. The molecule has 1 atom stereocenters. The number of benzene rings is 3. The van der Waals surface area contributed by atoms with E-state index in [9.17, 15) is 9.59 Å². The molecule has 5 nitrogen and oxygen atoms in total. The molecule has 38 heavy (non-hydrogen) atoms. The van der Waals surface area contributed by atoms with Crippen molar-refractivity contribution in [1.82, 2.24) is 10.2 Å². The summed E-state index contributed by atoms with van der Waals surface area (Å²) < 4.78 is 5.89. The topological polar surface area (TPSA) is 58.6 Å². The number of nitrogens with zero attached hydrogens (tertiary/aromatic N) is 1. The lowest BCUT2D eigenvalue weighted by Gasteiger charge is -2.32. The first-order chi connectivity index (χ1) is 18.1. The predicted molar refractivity (Wildman–Crippen MR) is 155 cm³/mol. The molecule has 0 saturated heterocycles. The number of halogens is 2. The van der Waals surface area contributed by atoms with E-state index in [0.29, 0.717) is 34.3 Å². The zero-order chi connectivity index (χ0) is 27.7. The zero-order valence-corrected chi connectivity index (χ0v) is 24.0. The van der Waals surface area contributed by atoms with Crippen LogP contribution in [0.2, 0.25) is 10.0 Å². The third-order valence-electron chi connectivity index (χ3n) is 6.29. The van der Waals surface area contributed by atoms with Crippen LogP contribution in [-0.4, -0.2) is 35.9 Å². The molecule has 0 fully saturated rings. The van der Waals surface area contributed by atoms with Crippen molar-refractivity contribution in [3.8, 4) is 5.75 Å². The van der Waals surface area contributed by atoms with Crippen LogP contribution in [0, 0.1) is 0 Å². The standard InChI is InChI=1S/C31H36Cl2N2O3/c1-5-18-34-30(37)28(19-22-10-7-6-8-11-22)35(20-25-26(32)12-9-13-27(25)33)29(36)21-38-24-16-14-23(15-17-24)31(2,3)4/h6-17,28H,5,18-21H2,1-4H3,(H,34,37)/t28-/m0/s1. The average molecular weight is 556 g/mol. The van der Waals surface area contributed by atoms with Crippen LogP contribution in [0.15, 0.2) is 72.8 Å². The van der Waals surface area contributed by atoms with E-state index in [0.717, 1.165) is 12.0 Å². The van der Waals surface area contributed by atoms with Gasteiger partial charge >= 0.3 is 0 Å². The van der Waals surface area contributed by atoms with Gasteiger partial charge in [-0.15, -0.1) is 0 Å². The summed E-state index contributed by atoms with van der Waals surface area (Å²) in [6.45, 7) is 8.75. The van der Waals surface area contributed by atoms with Crippen LogP contribution in [0.5, 0.6) is 5.75 Å². The van der Waals surface area contributed by atoms with Gasteiger partial charge in [-0.05, 0) is 47.2 Å². The van der Waals surface area contributed by atoms with Crippen LogP contribution in [0.4, 0.5) is 0 Å². The third kappa shape index (κ3) is 8.24. The van der Waals surface area contributed by atoms with Crippen molar-refractivity contribution in [2.24, 2.45) is 0 Å². The van der Waals surface area contributed by atoms with Crippen LogP contribution < -0.4 is 10.1 Å². The highest BCUT2D eigenvalue weighted by atomic mass is 35.5. The van der Waals surface area contributed by atoms with Crippen molar-refractivity contribution in [2.45, 2.75) is 58.5 Å². The number of rotatable bonds is 11. The van der Waals surface area contributed by atoms with Crippen LogP contribution in [0.3, 0.4) is 0 Å². The van der Waals surface area contributed by atoms with Crippen molar-refractivity contribution >= 4 is 35.0 Å². The first kappa shape index (κ1) is 29.5. The van der Waals surface area contributed by atoms with Gasteiger partial charge in [0, 0.05) is 35.1 Å². The second-order valence-electron chi connectivity index (χ2n) is 10.3. The monoisotopic (exact) mass is 554 g/mol. The number of carbonyl (C=O) groups excluding carboxylic acids is 2. The van der Waals surface area contributed by atoms with E-state index >= 15 is 0 Å². The molecule has 2 amide bonds. The Morgan fingerprint density at radius 3 is 2.13 bits per heavy atom. The second-order valence-corrected chi connectivity index (χ2v) is 11.1. The van der Waals surface area contributed by atoms with E-state index in [-0.39, 0.29) is 30.4 Å². The molecule has 1 N–H and O–H groups in total. The fraction of sp³-hybridized carbons (Fsp3) is 0.355. The molecule has 0 spiro atoms. The van der Waals surface area contributed by atoms with E-state index in [2.05, 4.69) is 26.1 Å². The normalized spacial score (nSPS) is 12.1. The van der Waals surface area contributed by atoms with Gasteiger partial charge in [0.2, 0.25) is 5.91 Å².